The molecule has 1 aromatic carbocycles. The molecule has 1 N–H and O–H groups in total. The zero-order valence-corrected chi connectivity index (χ0v) is 15.2. The Bertz CT molecular complexity index is 925. The van der Waals surface area contributed by atoms with Crippen LogP contribution in [0.15, 0.2) is 24.3 Å². The summed E-state index contributed by atoms with van der Waals surface area (Å²) in [6, 6.07) is 7.66. The first-order chi connectivity index (χ1) is 11.9. The van der Waals surface area contributed by atoms with Crippen LogP contribution in [-0.2, 0) is 7.05 Å². The first-order valence-corrected chi connectivity index (χ1v) is 8.22. The highest BCUT2D eigenvalue weighted by molar-refractivity contribution is 6.00. The van der Waals surface area contributed by atoms with Crippen LogP contribution >= 0.6 is 0 Å². The molecular formula is C18H23N5O2. The lowest BCUT2D eigenvalue weighted by Gasteiger charge is -2.14. The number of carbonyl (C=O) groups excluding carboxylic acids is 1. The van der Waals surface area contributed by atoms with E-state index in [2.05, 4.69) is 15.4 Å². The number of nitrogens with one attached hydrogen (secondary N) is 1. The summed E-state index contributed by atoms with van der Waals surface area (Å²) in [4.78, 5) is 16.9. The zero-order chi connectivity index (χ0) is 18.1. The second-order valence-corrected chi connectivity index (χ2v) is 6.19. The van der Waals surface area contributed by atoms with Gasteiger partial charge in [-0.15, -0.1) is 0 Å². The van der Waals surface area contributed by atoms with Crippen LogP contribution in [0.3, 0.4) is 0 Å². The number of benzene rings is 1. The minimum atomic E-state index is -0.123. The van der Waals surface area contributed by atoms with Crippen LogP contribution in [0.5, 0.6) is 5.75 Å². The van der Waals surface area contributed by atoms with Crippen molar-refractivity contribution in [3.05, 3.63) is 41.6 Å². The summed E-state index contributed by atoms with van der Waals surface area (Å²) >= 11 is 0. The molecule has 132 valence electrons. The minimum Gasteiger partial charge on any atom is -0.496 e. The molecule has 7 nitrogen and oxygen atoms in total. The van der Waals surface area contributed by atoms with Gasteiger partial charge in [0.05, 0.1) is 18.7 Å². The van der Waals surface area contributed by atoms with E-state index in [1.165, 1.54) is 0 Å². The van der Waals surface area contributed by atoms with Crippen LogP contribution < -0.4 is 10.1 Å². The molecule has 0 aliphatic heterocycles. The van der Waals surface area contributed by atoms with Gasteiger partial charge in [0, 0.05) is 19.0 Å². The predicted molar refractivity (Wildman–Crippen MR) is 96.0 cm³/mol. The smallest absolute Gasteiger partial charge is 0.268 e. The molecule has 0 unspecified atom stereocenters. The molecule has 3 rings (SSSR count). The first-order valence-electron chi connectivity index (χ1n) is 8.22. The van der Waals surface area contributed by atoms with Gasteiger partial charge in [-0.1, -0.05) is 6.07 Å². The van der Waals surface area contributed by atoms with Crippen LogP contribution in [0.4, 0.5) is 0 Å². The lowest BCUT2D eigenvalue weighted by molar-refractivity contribution is 0.0940. The largest absolute Gasteiger partial charge is 0.496 e. The van der Waals surface area contributed by atoms with Crippen molar-refractivity contribution < 1.29 is 9.53 Å². The number of ether oxygens (including phenoxy) is 1. The molecule has 25 heavy (non-hydrogen) atoms. The third kappa shape index (κ3) is 3.09. The number of nitrogens with zero attached hydrogens (tertiary/aromatic N) is 4. The highest BCUT2D eigenvalue weighted by atomic mass is 16.5. The second-order valence-electron chi connectivity index (χ2n) is 6.19. The van der Waals surface area contributed by atoms with E-state index < -0.39 is 0 Å². The Morgan fingerprint density at radius 2 is 2.12 bits per heavy atom. The summed E-state index contributed by atoms with van der Waals surface area (Å²) < 4.78 is 9.09. The van der Waals surface area contributed by atoms with E-state index in [0.29, 0.717) is 12.2 Å². The molecule has 0 fully saturated rings. The summed E-state index contributed by atoms with van der Waals surface area (Å²) in [5.41, 5.74) is 1.55. The van der Waals surface area contributed by atoms with Crippen molar-refractivity contribution in [2.24, 2.45) is 7.05 Å². The zero-order valence-electron chi connectivity index (χ0n) is 15.2. The highest BCUT2D eigenvalue weighted by Gasteiger charge is 2.17. The fraction of sp³-hybridized carbons (Fsp3) is 0.389. The molecule has 0 saturated carbocycles. The Hall–Kier alpha value is -2.83. The fourth-order valence-electron chi connectivity index (χ4n) is 3.10. The molecule has 0 aliphatic carbocycles. The van der Waals surface area contributed by atoms with Gasteiger partial charge >= 0.3 is 0 Å². The van der Waals surface area contributed by atoms with Gasteiger partial charge in [0.2, 0.25) is 0 Å². The molecule has 1 amide bonds. The van der Waals surface area contributed by atoms with Gasteiger partial charge in [0.15, 0.2) is 0 Å². The van der Waals surface area contributed by atoms with Crippen LogP contribution in [0.2, 0.25) is 0 Å². The van der Waals surface area contributed by atoms with E-state index in [9.17, 15) is 4.79 Å². The number of rotatable bonds is 5. The Morgan fingerprint density at radius 3 is 2.76 bits per heavy atom. The van der Waals surface area contributed by atoms with Crippen molar-refractivity contribution in [2.45, 2.75) is 26.8 Å². The number of amides is 1. The molecule has 0 spiro atoms. The highest BCUT2D eigenvalue weighted by Crippen LogP contribution is 2.28. The van der Waals surface area contributed by atoms with Gasteiger partial charge < -0.3 is 14.6 Å². The van der Waals surface area contributed by atoms with Crippen molar-refractivity contribution in [1.29, 1.82) is 0 Å². The number of hydrogen-bond acceptors (Lipinski definition) is 4. The van der Waals surface area contributed by atoms with E-state index in [1.54, 1.807) is 7.11 Å². The van der Waals surface area contributed by atoms with Crippen molar-refractivity contribution in [3.63, 3.8) is 0 Å². The molecule has 2 heterocycles. The predicted octanol–water partition coefficient (Wildman–Crippen LogP) is 2.39. The molecule has 2 aromatic heterocycles. The molecule has 3 aromatic rings. The summed E-state index contributed by atoms with van der Waals surface area (Å²) in [7, 11) is 3.51. The Morgan fingerprint density at radius 1 is 1.36 bits per heavy atom. The maximum Gasteiger partial charge on any atom is 0.268 e. The molecular weight excluding hydrogens is 318 g/mol. The van der Waals surface area contributed by atoms with Crippen molar-refractivity contribution in [1.82, 2.24) is 24.6 Å². The van der Waals surface area contributed by atoms with E-state index in [4.69, 9.17) is 4.74 Å². The SMILES string of the molecule is COc1cccc2c1cc(C(=O)NC[C@H](C)n1nc(C)nc1C)n2C. The number of aryl methyl sites for hydroxylation is 3. The van der Waals surface area contributed by atoms with Crippen LogP contribution in [-0.4, -0.2) is 38.9 Å². The third-order valence-corrected chi connectivity index (χ3v) is 4.38. The van der Waals surface area contributed by atoms with E-state index in [-0.39, 0.29) is 11.9 Å². The maximum atomic E-state index is 12.6. The lowest BCUT2D eigenvalue weighted by Crippen LogP contribution is -2.31. The van der Waals surface area contributed by atoms with Crippen LogP contribution in [0.25, 0.3) is 10.9 Å². The number of methoxy groups -OCH3 is 1. The molecule has 1 atom stereocenters. The summed E-state index contributed by atoms with van der Waals surface area (Å²) in [6.45, 7) is 6.25. The van der Waals surface area contributed by atoms with Crippen molar-refractivity contribution in [3.8, 4) is 5.75 Å². The minimum absolute atomic E-state index is 0.0226. The van der Waals surface area contributed by atoms with Crippen LogP contribution in [0.1, 0.15) is 35.1 Å². The lowest BCUT2D eigenvalue weighted by atomic mass is 10.2. The standard InChI is InChI=1S/C18H23N5O2/c1-11(23-13(3)20-12(2)21-23)10-19-18(24)16-9-14-15(22(16)4)7-6-8-17(14)25-5/h6-9,11H,10H2,1-5H3,(H,19,24)/t11-/m0/s1. The maximum absolute atomic E-state index is 12.6. The summed E-state index contributed by atoms with van der Waals surface area (Å²) in [5, 5.41) is 8.28. The second kappa shape index (κ2) is 6.58. The Labute approximate surface area is 146 Å². The van der Waals surface area contributed by atoms with Crippen LogP contribution in [0, 0.1) is 13.8 Å². The van der Waals surface area contributed by atoms with Gasteiger partial charge in [0.25, 0.3) is 5.91 Å². The molecule has 0 bridgehead atoms. The van der Waals surface area contributed by atoms with Crippen molar-refractivity contribution >= 4 is 16.8 Å². The van der Waals surface area contributed by atoms with Crippen molar-refractivity contribution in [2.75, 3.05) is 13.7 Å². The van der Waals surface area contributed by atoms with Gasteiger partial charge in [-0.25, -0.2) is 9.67 Å². The van der Waals surface area contributed by atoms with Gasteiger partial charge in [-0.2, -0.15) is 5.10 Å². The fourth-order valence-corrected chi connectivity index (χ4v) is 3.10. The molecule has 7 heteroatoms. The topological polar surface area (TPSA) is 74.0 Å². The number of aromatic nitrogens is 4. The quantitative estimate of drug-likeness (QED) is 0.773. The molecule has 0 saturated heterocycles. The van der Waals surface area contributed by atoms with Gasteiger partial charge in [0.1, 0.15) is 23.1 Å². The third-order valence-electron chi connectivity index (χ3n) is 4.38. The van der Waals surface area contributed by atoms with E-state index >= 15 is 0 Å². The van der Waals surface area contributed by atoms with E-state index in [1.807, 2.05) is 61.3 Å². The molecule has 0 aliphatic rings. The first kappa shape index (κ1) is 17.0. The average Bonchev–Trinajstić information content (AvgIpc) is 3.11. The normalized spacial score (nSPS) is 12.4. The summed E-state index contributed by atoms with van der Waals surface area (Å²) in [6.07, 6.45) is 0. The Balaban J connectivity index is 1.78. The average molecular weight is 341 g/mol. The van der Waals surface area contributed by atoms with Gasteiger partial charge in [-0.3, -0.25) is 4.79 Å². The molecule has 0 radical (unpaired) electrons. The number of hydrogen-bond donors (Lipinski definition) is 1. The number of carbonyl (C=O) groups is 1. The summed E-state index contributed by atoms with van der Waals surface area (Å²) in [5.74, 6) is 2.21. The Kier molecular flexibility index (Phi) is 4.48. The number of fused-ring (bicyclic) bond motifs is 1. The van der Waals surface area contributed by atoms with Gasteiger partial charge in [-0.05, 0) is 39.0 Å². The van der Waals surface area contributed by atoms with E-state index in [0.717, 1.165) is 28.3 Å². The monoisotopic (exact) mass is 341 g/mol.